The summed E-state index contributed by atoms with van der Waals surface area (Å²) in [7, 11) is 0. The first-order valence-corrected chi connectivity index (χ1v) is 45.0. The number of benzene rings is 19. The summed E-state index contributed by atoms with van der Waals surface area (Å²) in [4.78, 5) is 7.55. The summed E-state index contributed by atoms with van der Waals surface area (Å²) in [6, 6.07) is 146. The summed E-state index contributed by atoms with van der Waals surface area (Å²) in [6.07, 6.45) is 0. The Hall–Kier alpha value is -15.5. The first-order valence-electron chi connectivity index (χ1n) is 47.5. The number of ether oxygens (including phenoxy) is 1. The van der Waals surface area contributed by atoms with Gasteiger partial charge in [0.15, 0.2) is 0 Å². The molecule has 608 valence electrons. The summed E-state index contributed by atoms with van der Waals surface area (Å²) in [6.45, 7) is 12.8. The number of anilines is 9. The first kappa shape index (κ1) is 70.7. The molecule has 0 saturated heterocycles. The molecule has 0 atom stereocenters. The SMILES string of the molecule is [2H]c1c([2H])c([2H])c(-c2cc3c4c(c2)N(c2c(-c5ccccc5)cccc2-c2ccccc2)c2cc5c(cc2B4c2ccccc2N3c2c(-c3ccccc3)cc(C(C)(C)C)cc2-c2ccccc2)B2c3ccccc3N(c3c(-c4ccccc4)cc(C(C)(C)C)cc3-c3ccccc3)c3cc(-c4cccc6c4C4(c7ccccc7-c7ccccc74)c4ccccc4-6)cc(c32)O5)c([2H])c1[2H]. The van der Waals surface area contributed by atoms with Crippen molar-refractivity contribution in [2.45, 2.75) is 57.8 Å². The van der Waals surface area contributed by atoms with Gasteiger partial charge in [-0.15, -0.1) is 0 Å². The van der Waals surface area contributed by atoms with Crippen LogP contribution in [0, 0.1) is 0 Å². The summed E-state index contributed by atoms with van der Waals surface area (Å²) in [5, 5.41) is 0. The van der Waals surface area contributed by atoms with Crippen LogP contribution in [0.4, 0.5) is 51.2 Å². The maximum Gasteiger partial charge on any atom is 0.256 e. The van der Waals surface area contributed by atoms with E-state index in [0.29, 0.717) is 11.3 Å². The summed E-state index contributed by atoms with van der Waals surface area (Å²) >= 11 is 0. The molecule has 0 saturated carbocycles. The minimum absolute atomic E-state index is 0.0876. The third kappa shape index (κ3) is 11.6. The van der Waals surface area contributed by atoms with Crippen LogP contribution in [0.1, 0.15) is 81.8 Å². The fourth-order valence-electron chi connectivity index (χ4n) is 22.4. The molecule has 0 unspecified atom stereocenters. The summed E-state index contributed by atoms with van der Waals surface area (Å²) < 4.78 is 57.3. The molecular formula is C123H89B2N3O. The molecule has 0 fully saturated rings. The lowest BCUT2D eigenvalue weighted by Gasteiger charge is -2.47. The van der Waals surface area contributed by atoms with Crippen LogP contribution >= 0.6 is 0 Å². The molecule has 6 aliphatic rings. The predicted octanol–water partition coefficient (Wildman–Crippen LogP) is 28.4. The quantitative estimate of drug-likeness (QED) is 0.120. The smallest absolute Gasteiger partial charge is 0.256 e. The Bertz CT molecular complexity index is 7870. The van der Waals surface area contributed by atoms with E-state index in [1.165, 1.54) is 50.1 Å². The Balaban J connectivity index is 0.829. The van der Waals surface area contributed by atoms with Gasteiger partial charge in [-0.05, 0) is 216 Å². The number of para-hydroxylation sites is 3. The van der Waals surface area contributed by atoms with Crippen molar-refractivity contribution in [1.29, 1.82) is 0 Å². The van der Waals surface area contributed by atoms with Gasteiger partial charge in [0.05, 0.1) is 29.3 Å². The second-order valence-corrected chi connectivity index (χ2v) is 37.2. The van der Waals surface area contributed by atoms with Crippen molar-refractivity contribution in [3.05, 3.63) is 464 Å². The maximum atomic E-state index is 10.2. The third-order valence-corrected chi connectivity index (χ3v) is 28.1. The molecule has 0 bridgehead atoms. The van der Waals surface area contributed by atoms with E-state index in [0.717, 1.165) is 173 Å². The molecular weight excluding hydrogens is 1560 g/mol. The van der Waals surface area contributed by atoms with Crippen LogP contribution in [0.5, 0.6) is 11.5 Å². The maximum absolute atomic E-state index is 10.2. The van der Waals surface area contributed by atoms with Crippen molar-refractivity contribution >= 4 is 97.4 Å². The minimum Gasteiger partial charge on any atom is -0.458 e. The Morgan fingerprint density at radius 1 is 0.240 bits per heavy atom. The lowest BCUT2D eigenvalue weighted by Crippen LogP contribution is -2.64. The highest BCUT2D eigenvalue weighted by atomic mass is 16.5. The van der Waals surface area contributed by atoms with E-state index < -0.39 is 37.0 Å². The molecule has 0 N–H and O–H groups in total. The number of hydrogen-bond acceptors (Lipinski definition) is 4. The van der Waals surface area contributed by atoms with E-state index in [1.807, 2.05) is 0 Å². The summed E-state index contributed by atoms with van der Waals surface area (Å²) in [5.41, 5.74) is 40.2. The molecule has 19 aromatic rings. The van der Waals surface area contributed by atoms with Crippen LogP contribution in [0.15, 0.2) is 431 Å². The molecule has 4 nitrogen and oxygen atoms in total. The normalized spacial score (nSPS) is 14.1. The highest BCUT2D eigenvalue weighted by molar-refractivity contribution is 7.02. The summed E-state index contributed by atoms with van der Waals surface area (Å²) in [5.74, 6) is 1.40. The van der Waals surface area contributed by atoms with Crippen molar-refractivity contribution in [3.8, 4) is 123 Å². The Morgan fingerprint density at radius 2 is 0.581 bits per heavy atom. The zero-order chi connectivity index (χ0) is 90.5. The van der Waals surface area contributed by atoms with Gasteiger partial charge in [0.25, 0.3) is 13.4 Å². The molecule has 6 heteroatoms. The Labute approximate surface area is 763 Å². The molecule has 4 heterocycles. The standard InChI is InChI=1S/C123H89B2N3O/c1-121(2,3)87-72-96(81-46-20-10-21-47-81)119(97(73-87)82-48-22-11-23-49-82)126-107-66-36-34-64-103(107)124-105-76-106-113(77-109(105)128(111-69-85(68-110(126)116(111)124)78-40-14-7-15-41-78)118-90(79-42-16-8-17-43-79)58-39-59-91(118)80-44-18-9-19-45-80)129-114-71-86(89-57-38-60-95-94-56-30-33-63-102(94)123(115(89)95)100-61-31-28-54-92(100)93-55-29-32-62-101(93)123)70-112-117(114)125(106)104-65-35-37-67-108(104)127(112)120-98(83-50-24-12-25-51-83)74-88(122(4,5)6)75-99(120)84-52-26-13-27-53-84/h7-77H,1-6H3/i7D,14D,15D,40D,41D. The first-order chi connectivity index (χ1) is 65.4. The lowest BCUT2D eigenvalue weighted by atomic mass is 9.30. The highest BCUT2D eigenvalue weighted by Crippen LogP contribution is 2.66. The molecule has 0 amide bonds. The van der Waals surface area contributed by atoms with E-state index >= 15 is 0 Å². The van der Waals surface area contributed by atoms with Gasteiger partial charge >= 0.3 is 0 Å². The molecule has 4 aliphatic heterocycles. The highest BCUT2D eigenvalue weighted by Gasteiger charge is 2.55. The predicted molar refractivity (Wildman–Crippen MR) is 544 cm³/mol. The van der Waals surface area contributed by atoms with Crippen LogP contribution in [-0.4, -0.2) is 13.4 Å². The molecule has 19 aromatic carbocycles. The molecule has 1 spiro atoms. The van der Waals surface area contributed by atoms with Gasteiger partial charge < -0.3 is 19.4 Å². The van der Waals surface area contributed by atoms with Gasteiger partial charge in [0.1, 0.15) is 11.5 Å². The van der Waals surface area contributed by atoms with Crippen molar-refractivity contribution in [2.75, 3.05) is 14.7 Å². The van der Waals surface area contributed by atoms with Gasteiger partial charge in [0.2, 0.25) is 0 Å². The van der Waals surface area contributed by atoms with Gasteiger partial charge in [0, 0.05) is 73.6 Å². The van der Waals surface area contributed by atoms with Gasteiger partial charge in [-0.1, -0.05) is 405 Å². The lowest BCUT2D eigenvalue weighted by molar-refractivity contribution is 0.488. The number of hydrogen-bond donors (Lipinski definition) is 0. The monoisotopic (exact) mass is 1650 g/mol. The number of nitrogens with zero attached hydrogens (tertiary/aromatic N) is 3. The van der Waals surface area contributed by atoms with Crippen LogP contribution in [0.3, 0.4) is 0 Å². The van der Waals surface area contributed by atoms with Crippen LogP contribution < -0.4 is 52.2 Å². The molecule has 25 rings (SSSR count). The van der Waals surface area contributed by atoms with Crippen molar-refractivity contribution in [1.82, 2.24) is 0 Å². The zero-order valence-electron chi connectivity index (χ0n) is 77.5. The molecule has 129 heavy (non-hydrogen) atoms. The zero-order valence-corrected chi connectivity index (χ0v) is 72.5. The Kier molecular flexibility index (Phi) is 16.1. The van der Waals surface area contributed by atoms with Gasteiger partial charge in [-0.3, -0.25) is 0 Å². The Morgan fingerprint density at radius 3 is 1.02 bits per heavy atom. The topological polar surface area (TPSA) is 19.0 Å². The second-order valence-electron chi connectivity index (χ2n) is 37.2. The number of fused-ring (bicyclic) bond motifs is 18. The van der Waals surface area contributed by atoms with Crippen LogP contribution in [-0.2, 0) is 16.2 Å². The average Bonchev–Trinajstić information content (AvgIpc) is 1.44. The number of rotatable bonds is 11. The fourth-order valence-corrected chi connectivity index (χ4v) is 22.4. The largest absolute Gasteiger partial charge is 0.458 e. The molecule has 0 radical (unpaired) electrons. The third-order valence-electron chi connectivity index (χ3n) is 28.1. The van der Waals surface area contributed by atoms with E-state index in [1.54, 1.807) is 0 Å². The van der Waals surface area contributed by atoms with E-state index in [9.17, 15) is 6.85 Å². The minimum atomic E-state index is -0.718. The molecule has 0 aromatic heterocycles. The fraction of sp³-hybridized carbons (Fsp3) is 0.0732. The van der Waals surface area contributed by atoms with Crippen molar-refractivity contribution in [3.63, 3.8) is 0 Å². The van der Waals surface area contributed by atoms with E-state index in [2.05, 4.69) is 457 Å². The average molecular weight is 1650 g/mol. The van der Waals surface area contributed by atoms with Gasteiger partial charge in [-0.25, -0.2) is 0 Å². The van der Waals surface area contributed by atoms with Crippen molar-refractivity contribution < 1.29 is 11.6 Å². The van der Waals surface area contributed by atoms with Crippen LogP contribution in [0.25, 0.3) is 111 Å². The van der Waals surface area contributed by atoms with E-state index in [-0.39, 0.29) is 28.5 Å². The van der Waals surface area contributed by atoms with Crippen LogP contribution in [0.2, 0.25) is 0 Å². The van der Waals surface area contributed by atoms with Crippen molar-refractivity contribution in [2.24, 2.45) is 0 Å². The van der Waals surface area contributed by atoms with E-state index in [4.69, 9.17) is 4.74 Å². The second kappa shape index (κ2) is 29.3. The van der Waals surface area contributed by atoms with Gasteiger partial charge in [-0.2, -0.15) is 0 Å². The molecule has 2 aliphatic carbocycles.